The lowest BCUT2D eigenvalue weighted by Gasteiger charge is -2.31. The van der Waals surface area contributed by atoms with Crippen molar-refractivity contribution in [2.45, 2.75) is 19.9 Å². The van der Waals surface area contributed by atoms with E-state index in [1.54, 1.807) is 0 Å². The molecule has 1 atom stereocenters. The maximum atomic E-state index is 12.0. The van der Waals surface area contributed by atoms with Gasteiger partial charge in [-0.3, -0.25) is 4.79 Å². The number of carbonyl (C=O) groups excluding carboxylic acids is 1. The van der Waals surface area contributed by atoms with E-state index < -0.39 is 0 Å². The van der Waals surface area contributed by atoms with Crippen LogP contribution in [0.25, 0.3) is 0 Å². The van der Waals surface area contributed by atoms with Crippen molar-refractivity contribution in [3.8, 4) is 0 Å². The van der Waals surface area contributed by atoms with E-state index in [1.807, 2.05) is 13.0 Å². The Morgan fingerprint density at radius 2 is 2.10 bits per heavy atom. The average Bonchev–Trinajstić information content (AvgIpc) is 2.42. The van der Waals surface area contributed by atoms with Gasteiger partial charge in [-0.25, -0.2) is 0 Å². The standard InChI is InChI=1S/C17H27N3O/c1-14(16-11-18-12-16)17(21)19-9-6-10-20(2)13-15-7-4-3-5-8-15/h3-5,7-8,14,16,18H,6,9-13H2,1-2H3,(H,19,21). The van der Waals surface area contributed by atoms with Crippen molar-refractivity contribution >= 4 is 5.91 Å². The van der Waals surface area contributed by atoms with Gasteiger partial charge in [0.05, 0.1) is 0 Å². The number of nitrogens with one attached hydrogen (secondary N) is 2. The molecule has 1 amide bonds. The maximum Gasteiger partial charge on any atom is 0.223 e. The molecule has 0 saturated carbocycles. The fourth-order valence-electron chi connectivity index (χ4n) is 2.57. The van der Waals surface area contributed by atoms with Crippen molar-refractivity contribution in [1.82, 2.24) is 15.5 Å². The van der Waals surface area contributed by atoms with E-state index in [0.29, 0.717) is 5.92 Å². The van der Waals surface area contributed by atoms with Crippen LogP contribution in [0.2, 0.25) is 0 Å². The summed E-state index contributed by atoms with van der Waals surface area (Å²) >= 11 is 0. The highest BCUT2D eigenvalue weighted by atomic mass is 16.1. The summed E-state index contributed by atoms with van der Waals surface area (Å²) in [6.07, 6.45) is 0.991. The molecule has 1 aromatic rings. The predicted octanol–water partition coefficient (Wildman–Crippen LogP) is 1.48. The summed E-state index contributed by atoms with van der Waals surface area (Å²) in [4.78, 5) is 14.3. The third-order valence-corrected chi connectivity index (χ3v) is 4.24. The van der Waals surface area contributed by atoms with E-state index in [4.69, 9.17) is 0 Å². The number of amides is 1. The summed E-state index contributed by atoms with van der Waals surface area (Å²) in [6.45, 7) is 6.71. The average molecular weight is 289 g/mol. The third kappa shape index (κ3) is 5.14. The Morgan fingerprint density at radius 1 is 1.38 bits per heavy atom. The molecule has 0 radical (unpaired) electrons. The minimum Gasteiger partial charge on any atom is -0.356 e. The smallest absolute Gasteiger partial charge is 0.223 e. The minimum atomic E-state index is 0.133. The van der Waals surface area contributed by atoms with Gasteiger partial charge in [0.25, 0.3) is 0 Å². The van der Waals surface area contributed by atoms with E-state index in [0.717, 1.165) is 39.1 Å². The van der Waals surface area contributed by atoms with Gasteiger partial charge in [-0.15, -0.1) is 0 Å². The zero-order valence-corrected chi connectivity index (χ0v) is 13.1. The highest BCUT2D eigenvalue weighted by Gasteiger charge is 2.28. The van der Waals surface area contributed by atoms with Gasteiger partial charge in [0.1, 0.15) is 0 Å². The van der Waals surface area contributed by atoms with Gasteiger partial charge < -0.3 is 15.5 Å². The lowest BCUT2D eigenvalue weighted by atomic mass is 9.88. The molecule has 1 heterocycles. The van der Waals surface area contributed by atoms with Gasteiger partial charge >= 0.3 is 0 Å². The summed E-state index contributed by atoms with van der Waals surface area (Å²) in [6, 6.07) is 10.5. The Morgan fingerprint density at radius 3 is 2.71 bits per heavy atom. The van der Waals surface area contributed by atoms with Crippen molar-refractivity contribution < 1.29 is 4.79 Å². The monoisotopic (exact) mass is 289 g/mol. The van der Waals surface area contributed by atoms with Crippen molar-refractivity contribution in [2.75, 3.05) is 33.2 Å². The molecule has 2 rings (SSSR count). The molecule has 1 unspecified atom stereocenters. The maximum absolute atomic E-state index is 12.0. The number of hydrogen-bond donors (Lipinski definition) is 2. The highest BCUT2D eigenvalue weighted by molar-refractivity contribution is 5.78. The normalized spacial score (nSPS) is 16.5. The van der Waals surface area contributed by atoms with Gasteiger partial charge in [0, 0.05) is 19.0 Å². The SMILES string of the molecule is CC(C(=O)NCCCN(C)Cc1ccccc1)C1CNC1. The first-order valence-electron chi connectivity index (χ1n) is 7.87. The lowest BCUT2D eigenvalue weighted by molar-refractivity contribution is -0.126. The number of hydrogen-bond acceptors (Lipinski definition) is 3. The molecule has 1 aromatic carbocycles. The van der Waals surface area contributed by atoms with Gasteiger partial charge in [-0.2, -0.15) is 0 Å². The second-order valence-corrected chi connectivity index (χ2v) is 6.07. The van der Waals surface area contributed by atoms with Crippen LogP contribution in [0.3, 0.4) is 0 Å². The molecule has 1 aliphatic rings. The van der Waals surface area contributed by atoms with Gasteiger partial charge in [0.15, 0.2) is 0 Å². The molecule has 116 valence electrons. The number of nitrogens with zero attached hydrogens (tertiary/aromatic N) is 1. The molecule has 21 heavy (non-hydrogen) atoms. The molecule has 0 aliphatic carbocycles. The van der Waals surface area contributed by atoms with Crippen molar-refractivity contribution in [2.24, 2.45) is 11.8 Å². The van der Waals surface area contributed by atoms with E-state index in [1.165, 1.54) is 5.56 Å². The Bertz CT molecular complexity index is 431. The molecule has 0 spiro atoms. The molecule has 1 aliphatic heterocycles. The molecular weight excluding hydrogens is 262 g/mol. The number of carbonyl (C=O) groups is 1. The van der Waals surface area contributed by atoms with Crippen LogP contribution >= 0.6 is 0 Å². The Kier molecular flexibility index (Phi) is 6.21. The molecule has 0 bridgehead atoms. The molecule has 0 aromatic heterocycles. The van der Waals surface area contributed by atoms with Crippen LogP contribution in [0.15, 0.2) is 30.3 Å². The second-order valence-electron chi connectivity index (χ2n) is 6.07. The van der Waals surface area contributed by atoms with Crippen LogP contribution in [0.5, 0.6) is 0 Å². The number of rotatable bonds is 8. The predicted molar refractivity (Wildman–Crippen MR) is 85.9 cm³/mol. The number of benzene rings is 1. The fraction of sp³-hybridized carbons (Fsp3) is 0.588. The molecule has 2 N–H and O–H groups in total. The Hall–Kier alpha value is -1.39. The molecule has 1 saturated heterocycles. The van der Waals surface area contributed by atoms with Crippen LogP contribution < -0.4 is 10.6 Å². The minimum absolute atomic E-state index is 0.133. The lowest BCUT2D eigenvalue weighted by Crippen LogP contribution is -2.49. The van der Waals surface area contributed by atoms with E-state index >= 15 is 0 Å². The summed E-state index contributed by atoms with van der Waals surface area (Å²) in [5.41, 5.74) is 1.33. The quantitative estimate of drug-likeness (QED) is 0.713. The zero-order chi connectivity index (χ0) is 15.1. The fourth-order valence-corrected chi connectivity index (χ4v) is 2.57. The zero-order valence-electron chi connectivity index (χ0n) is 13.1. The van der Waals surface area contributed by atoms with Crippen LogP contribution in [-0.2, 0) is 11.3 Å². The molecule has 4 nitrogen and oxygen atoms in total. The molecular formula is C17H27N3O. The topological polar surface area (TPSA) is 44.4 Å². The van der Waals surface area contributed by atoms with E-state index in [2.05, 4.69) is 46.8 Å². The van der Waals surface area contributed by atoms with Crippen LogP contribution in [0, 0.1) is 11.8 Å². The van der Waals surface area contributed by atoms with Gasteiger partial charge in [-0.05, 0) is 44.6 Å². The first-order valence-corrected chi connectivity index (χ1v) is 7.87. The van der Waals surface area contributed by atoms with E-state index in [9.17, 15) is 4.79 Å². The van der Waals surface area contributed by atoms with Crippen LogP contribution in [-0.4, -0.2) is 44.0 Å². The van der Waals surface area contributed by atoms with Crippen molar-refractivity contribution in [3.05, 3.63) is 35.9 Å². The van der Waals surface area contributed by atoms with Gasteiger partial charge in [-0.1, -0.05) is 37.3 Å². The van der Waals surface area contributed by atoms with Crippen molar-refractivity contribution in [3.63, 3.8) is 0 Å². The van der Waals surface area contributed by atoms with Crippen molar-refractivity contribution in [1.29, 1.82) is 0 Å². The van der Waals surface area contributed by atoms with Crippen LogP contribution in [0.1, 0.15) is 18.9 Å². The Balaban J connectivity index is 1.57. The van der Waals surface area contributed by atoms with Crippen LogP contribution in [0.4, 0.5) is 0 Å². The second kappa shape index (κ2) is 8.15. The molecule has 4 heteroatoms. The third-order valence-electron chi connectivity index (χ3n) is 4.24. The summed E-state index contributed by atoms with van der Waals surface area (Å²) in [5.74, 6) is 0.853. The largest absolute Gasteiger partial charge is 0.356 e. The summed E-state index contributed by atoms with van der Waals surface area (Å²) in [7, 11) is 2.12. The molecule has 1 fully saturated rings. The summed E-state index contributed by atoms with van der Waals surface area (Å²) < 4.78 is 0. The first-order chi connectivity index (χ1) is 10.2. The van der Waals surface area contributed by atoms with Gasteiger partial charge in [0.2, 0.25) is 5.91 Å². The van der Waals surface area contributed by atoms with E-state index in [-0.39, 0.29) is 11.8 Å². The first kappa shape index (κ1) is 16.0. The summed E-state index contributed by atoms with van der Waals surface area (Å²) in [5, 5.41) is 6.27. The highest BCUT2D eigenvalue weighted by Crippen LogP contribution is 2.15. The Labute approximate surface area is 127 Å².